The number of aryl methyl sites for hydroxylation is 1. The smallest absolute Gasteiger partial charge is 0.339 e. The molecule has 5 nitrogen and oxygen atoms in total. The van der Waals surface area contributed by atoms with Crippen LogP contribution in [0.5, 0.6) is 5.75 Å². The Labute approximate surface area is 141 Å². The second-order valence-corrected chi connectivity index (χ2v) is 5.36. The van der Waals surface area contributed by atoms with Crippen LogP contribution in [0.3, 0.4) is 0 Å². The SMILES string of the molecule is CCC(Oc1cccc(C)c1)C(=O)Nc1ccccc1C(=O)OC. The van der Waals surface area contributed by atoms with Crippen molar-refractivity contribution >= 4 is 17.6 Å². The van der Waals surface area contributed by atoms with Crippen LogP contribution in [0.25, 0.3) is 0 Å². The van der Waals surface area contributed by atoms with Crippen molar-refractivity contribution in [3.05, 3.63) is 59.7 Å². The molecule has 0 bridgehead atoms. The molecule has 5 heteroatoms. The molecule has 1 amide bonds. The second-order valence-electron chi connectivity index (χ2n) is 5.36. The molecule has 1 unspecified atom stereocenters. The van der Waals surface area contributed by atoms with E-state index in [0.717, 1.165) is 5.56 Å². The van der Waals surface area contributed by atoms with Crippen molar-refractivity contribution in [1.82, 2.24) is 0 Å². The van der Waals surface area contributed by atoms with Crippen LogP contribution < -0.4 is 10.1 Å². The lowest BCUT2D eigenvalue weighted by atomic mass is 10.1. The lowest BCUT2D eigenvalue weighted by molar-refractivity contribution is -0.122. The van der Waals surface area contributed by atoms with E-state index >= 15 is 0 Å². The summed E-state index contributed by atoms with van der Waals surface area (Å²) in [7, 11) is 1.30. The highest BCUT2D eigenvalue weighted by molar-refractivity contribution is 6.02. The van der Waals surface area contributed by atoms with Crippen LogP contribution in [0.4, 0.5) is 5.69 Å². The second kappa shape index (κ2) is 8.15. The van der Waals surface area contributed by atoms with Crippen LogP contribution in [0.2, 0.25) is 0 Å². The van der Waals surface area contributed by atoms with E-state index in [1.54, 1.807) is 24.3 Å². The predicted octanol–water partition coefficient (Wildman–Crippen LogP) is 3.58. The van der Waals surface area contributed by atoms with E-state index in [0.29, 0.717) is 23.4 Å². The topological polar surface area (TPSA) is 64.6 Å². The summed E-state index contributed by atoms with van der Waals surface area (Å²) in [6.45, 7) is 3.83. The molecular weight excluding hydrogens is 306 g/mol. The summed E-state index contributed by atoms with van der Waals surface area (Å²) in [4.78, 5) is 24.3. The van der Waals surface area contributed by atoms with Gasteiger partial charge in [0.2, 0.25) is 0 Å². The predicted molar refractivity (Wildman–Crippen MR) is 92.3 cm³/mol. The molecule has 0 saturated carbocycles. The Bertz CT molecular complexity index is 727. The average Bonchev–Trinajstić information content (AvgIpc) is 2.59. The molecule has 2 rings (SSSR count). The van der Waals surface area contributed by atoms with Gasteiger partial charge in [0.05, 0.1) is 18.4 Å². The minimum Gasteiger partial charge on any atom is -0.481 e. The molecule has 24 heavy (non-hydrogen) atoms. The molecule has 0 aliphatic heterocycles. The molecule has 0 fully saturated rings. The first-order valence-electron chi connectivity index (χ1n) is 7.76. The van der Waals surface area contributed by atoms with Gasteiger partial charge in [0, 0.05) is 0 Å². The molecular formula is C19H21NO4. The summed E-state index contributed by atoms with van der Waals surface area (Å²) in [6, 6.07) is 14.2. The Morgan fingerprint density at radius 2 is 1.88 bits per heavy atom. The zero-order chi connectivity index (χ0) is 17.5. The van der Waals surface area contributed by atoms with Crippen molar-refractivity contribution in [2.45, 2.75) is 26.4 Å². The summed E-state index contributed by atoms with van der Waals surface area (Å²) in [5, 5.41) is 2.75. The minimum absolute atomic E-state index is 0.304. The Hall–Kier alpha value is -2.82. The quantitative estimate of drug-likeness (QED) is 0.824. The number of amides is 1. The Kier molecular flexibility index (Phi) is 5.95. The number of nitrogens with one attached hydrogen (secondary N) is 1. The molecule has 1 atom stereocenters. The van der Waals surface area contributed by atoms with Crippen LogP contribution in [-0.2, 0) is 9.53 Å². The van der Waals surface area contributed by atoms with Gasteiger partial charge in [0.1, 0.15) is 5.75 Å². The molecule has 2 aromatic rings. The molecule has 0 heterocycles. The number of hydrogen-bond acceptors (Lipinski definition) is 4. The molecule has 0 aliphatic rings. The van der Waals surface area contributed by atoms with Crippen molar-refractivity contribution < 1.29 is 19.1 Å². The fourth-order valence-corrected chi connectivity index (χ4v) is 2.27. The Morgan fingerprint density at radius 3 is 2.54 bits per heavy atom. The highest BCUT2D eigenvalue weighted by Crippen LogP contribution is 2.19. The zero-order valence-electron chi connectivity index (χ0n) is 14.0. The Balaban J connectivity index is 2.14. The standard InChI is InChI=1S/C19H21NO4/c1-4-17(24-14-9-7-8-13(2)12-14)18(21)20-16-11-6-5-10-15(16)19(22)23-3/h5-12,17H,4H2,1-3H3,(H,20,21). The number of rotatable bonds is 6. The molecule has 0 radical (unpaired) electrons. The average molecular weight is 327 g/mol. The number of benzene rings is 2. The van der Waals surface area contributed by atoms with E-state index < -0.39 is 12.1 Å². The first-order valence-corrected chi connectivity index (χ1v) is 7.76. The lowest BCUT2D eigenvalue weighted by Gasteiger charge is -2.18. The van der Waals surface area contributed by atoms with Crippen LogP contribution >= 0.6 is 0 Å². The van der Waals surface area contributed by atoms with Gasteiger partial charge in [-0.25, -0.2) is 4.79 Å². The molecule has 0 saturated heterocycles. The molecule has 0 spiro atoms. The van der Waals surface area contributed by atoms with Gasteiger partial charge in [0.15, 0.2) is 6.10 Å². The van der Waals surface area contributed by atoms with Crippen LogP contribution in [0.15, 0.2) is 48.5 Å². The maximum atomic E-state index is 12.5. The van der Waals surface area contributed by atoms with Crippen LogP contribution in [0, 0.1) is 6.92 Å². The van der Waals surface area contributed by atoms with Gasteiger partial charge < -0.3 is 14.8 Å². The van der Waals surface area contributed by atoms with E-state index in [1.165, 1.54) is 7.11 Å². The number of ether oxygens (including phenoxy) is 2. The van der Waals surface area contributed by atoms with Crippen molar-refractivity contribution in [1.29, 1.82) is 0 Å². The number of carbonyl (C=O) groups is 2. The first-order chi connectivity index (χ1) is 11.5. The molecule has 0 aromatic heterocycles. The normalized spacial score (nSPS) is 11.5. The molecule has 126 valence electrons. The van der Waals surface area contributed by atoms with Crippen molar-refractivity contribution in [3.8, 4) is 5.75 Å². The van der Waals surface area contributed by atoms with E-state index in [-0.39, 0.29) is 5.91 Å². The largest absolute Gasteiger partial charge is 0.481 e. The number of hydrogen-bond donors (Lipinski definition) is 1. The third-order valence-electron chi connectivity index (χ3n) is 3.52. The minimum atomic E-state index is -0.655. The van der Waals surface area contributed by atoms with E-state index in [9.17, 15) is 9.59 Å². The van der Waals surface area contributed by atoms with E-state index in [2.05, 4.69) is 5.32 Å². The molecule has 2 aromatic carbocycles. The lowest BCUT2D eigenvalue weighted by Crippen LogP contribution is -2.33. The molecule has 1 N–H and O–H groups in total. The van der Waals surface area contributed by atoms with Crippen molar-refractivity contribution in [2.24, 2.45) is 0 Å². The summed E-state index contributed by atoms with van der Waals surface area (Å²) in [6.07, 6.45) is -0.155. The third kappa shape index (κ3) is 4.35. The van der Waals surface area contributed by atoms with Gasteiger partial charge >= 0.3 is 5.97 Å². The number of esters is 1. The highest BCUT2D eigenvalue weighted by atomic mass is 16.5. The fraction of sp³-hybridized carbons (Fsp3) is 0.263. The number of anilines is 1. The monoisotopic (exact) mass is 327 g/mol. The maximum absolute atomic E-state index is 12.5. The van der Waals surface area contributed by atoms with Gasteiger partial charge in [-0.05, 0) is 43.2 Å². The van der Waals surface area contributed by atoms with Crippen LogP contribution in [-0.4, -0.2) is 25.1 Å². The van der Waals surface area contributed by atoms with Gasteiger partial charge in [0.25, 0.3) is 5.91 Å². The first kappa shape index (κ1) is 17.5. The van der Waals surface area contributed by atoms with Crippen molar-refractivity contribution in [3.63, 3.8) is 0 Å². The number of carbonyl (C=O) groups excluding carboxylic acids is 2. The highest BCUT2D eigenvalue weighted by Gasteiger charge is 2.21. The number of methoxy groups -OCH3 is 1. The van der Waals surface area contributed by atoms with E-state index in [4.69, 9.17) is 9.47 Å². The van der Waals surface area contributed by atoms with Gasteiger partial charge in [-0.3, -0.25) is 4.79 Å². The Morgan fingerprint density at radius 1 is 1.12 bits per heavy atom. The summed E-state index contributed by atoms with van der Waals surface area (Å²) in [5.74, 6) is -0.174. The maximum Gasteiger partial charge on any atom is 0.339 e. The van der Waals surface area contributed by atoms with Crippen molar-refractivity contribution in [2.75, 3.05) is 12.4 Å². The van der Waals surface area contributed by atoms with Gasteiger partial charge in [-0.1, -0.05) is 31.2 Å². The summed E-state index contributed by atoms with van der Waals surface area (Å²) < 4.78 is 10.5. The van der Waals surface area contributed by atoms with Gasteiger partial charge in [-0.15, -0.1) is 0 Å². The number of para-hydroxylation sites is 1. The van der Waals surface area contributed by atoms with Gasteiger partial charge in [-0.2, -0.15) is 0 Å². The summed E-state index contributed by atoms with van der Waals surface area (Å²) in [5.41, 5.74) is 1.76. The summed E-state index contributed by atoms with van der Waals surface area (Å²) >= 11 is 0. The fourth-order valence-electron chi connectivity index (χ4n) is 2.27. The third-order valence-corrected chi connectivity index (χ3v) is 3.52. The van der Waals surface area contributed by atoms with Crippen LogP contribution in [0.1, 0.15) is 29.3 Å². The molecule has 0 aliphatic carbocycles. The van der Waals surface area contributed by atoms with E-state index in [1.807, 2.05) is 38.1 Å². The zero-order valence-corrected chi connectivity index (χ0v) is 14.0.